The summed E-state index contributed by atoms with van der Waals surface area (Å²) < 4.78 is 1.04. The van der Waals surface area contributed by atoms with Crippen molar-refractivity contribution in [3.63, 3.8) is 0 Å². The lowest BCUT2D eigenvalue weighted by Crippen LogP contribution is -2.06. The van der Waals surface area contributed by atoms with Crippen LogP contribution in [0.25, 0.3) is 0 Å². The predicted octanol–water partition coefficient (Wildman–Crippen LogP) is 2.40. The highest BCUT2D eigenvalue weighted by Crippen LogP contribution is 2.28. The normalized spacial score (nSPS) is 10.6. The Morgan fingerprint density at radius 3 is 2.94 bits per heavy atom. The molecule has 4 nitrogen and oxygen atoms in total. The van der Waals surface area contributed by atoms with Gasteiger partial charge in [0.2, 0.25) is 0 Å². The van der Waals surface area contributed by atoms with Gasteiger partial charge >= 0.3 is 0 Å². The van der Waals surface area contributed by atoms with E-state index in [-0.39, 0.29) is 5.56 Å². The molecule has 0 spiro atoms. The Kier molecular flexibility index (Phi) is 4.57. The van der Waals surface area contributed by atoms with Gasteiger partial charge in [-0.3, -0.25) is 4.79 Å². The van der Waals surface area contributed by atoms with Crippen LogP contribution in [-0.2, 0) is 6.54 Å². The molecule has 6 heteroatoms. The van der Waals surface area contributed by atoms with Crippen molar-refractivity contribution in [3.8, 4) is 0 Å². The molecule has 0 atom stereocenters. The van der Waals surface area contributed by atoms with Crippen molar-refractivity contribution >= 4 is 27.7 Å². The van der Waals surface area contributed by atoms with Crippen LogP contribution in [0.4, 0.5) is 0 Å². The molecule has 0 unspecified atom stereocenters. The van der Waals surface area contributed by atoms with Crippen molar-refractivity contribution < 1.29 is 0 Å². The maximum Gasteiger partial charge on any atom is 0.251 e. The average molecular weight is 326 g/mol. The van der Waals surface area contributed by atoms with E-state index in [1.165, 1.54) is 29.6 Å². The molecule has 1 aromatic carbocycles. The number of hydrogen-bond acceptors (Lipinski definition) is 4. The van der Waals surface area contributed by atoms with Crippen LogP contribution in [0.3, 0.4) is 0 Å². The Bertz CT molecular complexity index is 600. The number of aromatic amines is 1. The molecule has 0 fully saturated rings. The van der Waals surface area contributed by atoms with Gasteiger partial charge in [0.1, 0.15) is 0 Å². The number of halogens is 1. The highest BCUT2D eigenvalue weighted by Gasteiger charge is 2.03. The fourth-order valence-corrected chi connectivity index (χ4v) is 2.91. The number of nitrogens with zero attached hydrogens (tertiary/aromatic N) is 1. The second kappa shape index (κ2) is 6.17. The average Bonchev–Trinajstić information content (AvgIpc) is 2.33. The first-order chi connectivity index (χ1) is 8.69. The van der Waals surface area contributed by atoms with E-state index in [1.54, 1.807) is 0 Å². The van der Waals surface area contributed by atoms with E-state index in [0.29, 0.717) is 5.16 Å². The minimum Gasteiger partial charge on any atom is -0.316 e. The van der Waals surface area contributed by atoms with Crippen LogP contribution >= 0.6 is 27.7 Å². The molecule has 18 heavy (non-hydrogen) atoms. The van der Waals surface area contributed by atoms with E-state index < -0.39 is 0 Å². The topological polar surface area (TPSA) is 57.8 Å². The minimum atomic E-state index is -0.140. The van der Waals surface area contributed by atoms with Crippen LogP contribution in [0, 0.1) is 0 Å². The van der Waals surface area contributed by atoms with Gasteiger partial charge in [0.25, 0.3) is 5.56 Å². The molecule has 1 heterocycles. The zero-order valence-corrected chi connectivity index (χ0v) is 12.1. The molecule has 0 aliphatic carbocycles. The van der Waals surface area contributed by atoms with Gasteiger partial charge < -0.3 is 10.3 Å². The summed E-state index contributed by atoms with van der Waals surface area (Å²) in [5, 5.41) is 3.70. The molecule has 0 amide bonds. The molecule has 2 rings (SSSR count). The zero-order valence-electron chi connectivity index (χ0n) is 9.74. The Labute approximate surface area is 117 Å². The summed E-state index contributed by atoms with van der Waals surface area (Å²) in [6.45, 7) is 0.811. The first-order valence-corrected chi connectivity index (χ1v) is 6.96. The quantitative estimate of drug-likeness (QED) is 0.847. The van der Waals surface area contributed by atoms with Crippen LogP contribution in [0.5, 0.6) is 0 Å². The summed E-state index contributed by atoms with van der Waals surface area (Å²) in [7, 11) is 1.91. The predicted molar refractivity (Wildman–Crippen MR) is 75.9 cm³/mol. The standard InChI is InChI=1S/C12H12BrN3OS/c1-14-7-8-2-3-9(6-10(8)13)18-12-15-5-4-11(17)16-12/h2-6,14H,7H2,1H3,(H,15,16,17). The van der Waals surface area contributed by atoms with Crippen LogP contribution < -0.4 is 10.9 Å². The molecular formula is C12H12BrN3OS. The van der Waals surface area contributed by atoms with Gasteiger partial charge in [0.15, 0.2) is 5.16 Å². The number of H-pyrrole nitrogens is 1. The van der Waals surface area contributed by atoms with Gasteiger partial charge in [-0.1, -0.05) is 33.8 Å². The lowest BCUT2D eigenvalue weighted by atomic mass is 10.2. The number of rotatable bonds is 4. The van der Waals surface area contributed by atoms with E-state index in [2.05, 4.69) is 31.2 Å². The monoisotopic (exact) mass is 325 g/mol. The molecule has 94 valence electrons. The van der Waals surface area contributed by atoms with E-state index in [0.717, 1.165) is 15.9 Å². The Hall–Kier alpha value is -1.11. The van der Waals surface area contributed by atoms with Gasteiger partial charge in [-0.25, -0.2) is 4.98 Å². The van der Waals surface area contributed by atoms with E-state index in [9.17, 15) is 4.79 Å². The fraction of sp³-hybridized carbons (Fsp3) is 0.167. The largest absolute Gasteiger partial charge is 0.316 e. The van der Waals surface area contributed by atoms with E-state index in [4.69, 9.17) is 0 Å². The van der Waals surface area contributed by atoms with Crippen molar-refractivity contribution in [2.75, 3.05) is 7.05 Å². The Morgan fingerprint density at radius 1 is 1.44 bits per heavy atom. The third kappa shape index (κ3) is 3.44. The third-order valence-electron chi connectivity index (χ3n) is 2.25. The lowest BCUT2D eigenvalue weighted by Gasteiger charge is -2.06. The van der Waals surface area contributed by atoms with E-state index in [1.807, 2.05) is 25.2 Å². The Balaban J connectivity index is 2.20. The molecule has 0 bridgehead atoms. The van der Waals surface area contributed by atoms with Crippen molar-refractivity contribution in [2.45, 2.75) is 16.6 Å². The fourth-order valence-electron chi connectivity index (χ4n) is 1.44. The van der Waals surface area contributed by atoms with Crippen molar-refractivity contribution in [1.29, 1.82) is 0 Å². The van der Waals surface area contributed by atoms with Crippen LogP contribution in [0.2, 0.25) is 0 Å². The Morgan fingerprint density at radius 2 is 2.28 bits per heavy atom. The molecule has 0 saturated heterocycles. The van der Waals surface area contributed by atoms with Crippen molar-refractivity contribution in [2.24, 2.45) is 0 Å². The van der Waals surface area contributed by atoms with Gasteiger partial charge in [-0.15, -0.1) is 0 Å². The molecular weight excluding hydrogens is 314 g/mol. The summed E-state index contributed by atoms with van der Waals surface area (Å²) in [4.78, 5) is 19.0. The third-order valence-corrected chi connectivity index (χ3v) is 3.88. The summed E-state index contributed by atoms with van der Waals surface area (Å²) >= 11 is 4.96. The maximum absolute atomic E-state index is 11.2. The molecule has 0 saturated carbocycles. The highest BCUT2D eigenvalue weighted by atomic mass is 79.9. The molecule has 0 aliphatic rings. The van der Waals surface area contributed by atoms with Crippen molar-refractivity contribution in [1.82, 2.24) is 15.3 Å². The van der Waals surface area contributed by atoms with Gasteiger partial charge in [-0.05, 0) is 24.7 Å². The highest BCUT2D eigenvalue weighted by molar-refractivity contribution is 9.10. The summed E-state index contributed by atoms with van der Waals surface area (Å²) in [6, 6.07) is 7.47. The number of benzene rings is 1. The van der Waals surface area contributed by atoms with E-state index >= 15 is 0 Å². The molecule has 2 N–H and O–H groups in total. The molecule has 1 aromatic heterocycles. The molecule has 0 aliphatic heterocycles. The first kappa shape index (κ1) is 13.3. The van der Waals surface area contributed by atoms with Crippen LogP contribution in [0.1, 0.15) is 5.56 Å². The van der Waals surface area contributed by atoms with Gasteiger partial charge in [0, 0.05) is 28.2 Å². The van der Waals surface area contributed by atoms with Gasteiger partial charge in [-0.2, -0.15) is 0 Å². The lowest BCUT2D eigenvalue weighted by molar-refractivity contribution is 0.813. The van der Waals surface area contributed by atoms with Gasteiger partial charge in [0.05, 0.1) is 0 Å². The molecule has 0 radical (unpaired) electrons. The number of hydrogen-bond donors (Lipinski definition) is 2. The minimum absolute atomic E-state index is 0.140. The van der Waals surface area contributed by atoms with Crippen LogP contribution in [0.15, 0.2) is 49.8 Å². The van der Waals surface area contributed by atoms with Crippen molar-refractivity contribution in [3.05, 3.63) is 50.9 Å². The second-order valence-corrected chi connectivity index (χ2v) is 5.54. The smallest absolute Gasteiger partial charge is 0.251 e. The number of nitrogens with one attached hydrogen (secondary N) is 2. The SMILES string of the molecule is CNCc1ccc(Sc2nccc(=O)[nH]2)cc1Br. The molecule has 2 aromatic rings. The maximum atomic E-state index is 11.2. The number of aromatic nitrogens is 2. The summed E-state index contributed by atoms with van der Waals surface area (Å²) in [6.07, 6.45) is 1.51. The summed E-state index contributed by atoms with van der Waals surface area (Å²) in [5.74, 6) is 0. The zero-order chi connectivity index (χ0) is 13.0. The summed E-state index contributed by atoms with van der Waals surface area (Å²) in [5.41, 5.74) is 1.05. The second-order valence-electron chi connectivity index (χ2n) is 3.62. The first-order valence-electron chi connectivity index (χ1n) is 5.35. The van der Waals surface area contributed by atoms with Crippen LogP contribution in [-0.4, -0.2) is 17.0 Å².